The molecule has 0 radical (unpaired) electrons. The van der Waals surface area contributed by atoms with E-state index in [-0.39, 0.29) is 13.1 Å². The lowest BCUT2D eigenvalue weighted by Crippen LogP contribution is -2.49. The molecule has 1 N–H and O–H groups in total. The second-order valence-corrected chi connectivity index (χ2v) is 6.84. The highest BCUT2D eigenvalue weighted by Crippen LogP contribution is 2.40. The molecule has 1 saturated heterocycles. The van der Waals surface area contributed by atoms with Crippen molar-refractivity contribution < 1.29 is 20.8 Å². The van der Waals surface area contributed by atoms with E-state index in [9.17, 15) is 0 Å². The van der Waals surface area contributed by atoms with Crippen LogP contribution in [0.2, 0.25) is 0 Å². The maximum absolute atomic E-state index is 9.05. The first-order chi connectivity index (χ1) is 16.3. The molecule has 6 heteroatoms. The summed E-state index contributed by atoms with van der Waals surface area (Å²) in [4.78, 5) is 8.50. The number of hydrogen-bond acceptors (Lipinski definition) is 6. The minimum absolute atomic E-state index is 0.388. The number of piperazine rings is 1. The molecule has 2 aromatic carbocycles. The van der Waals surface area contributed by atoms with Crippen LogP contribution in [0.4, 0.5) is 5.69 Å². The van der Waals surface area contributed by atoms with Gasteiger partial charge in [-0.15, -0.1) is 0 Å². The van der Waals surface area contributed by atoms with E-state index >= 15 is 0 Å². The van der Waals surface area contributed by atoms with Gasteiger partial charge in [0, 0.05) is 56.2 Å². The van der Waals surface area contributed by atoms with Crippen LogP contribution in [-0.4, -0.2) is 73.1 Å². The summed E-state index contributed by atoms with van der Waals surface area (Å²) in [5, 5.41) is 9.05. The zero-order valence-corrected chi connectivity index (χ0v) is 15.4. The van der Waals surface area contributed by atoms with Crippen LogP contribution in [0, 0.1) is 0 Å². The van der Waals surface area contributed by atoms with E-state index in [1.165, 1.54) is 16.7 Å². The van der Waals surface area contributed by atoms with Crippen LogP contribution in [0.1, 0.15) is 16.5 Å². The summed E-state index contributed by atoms with van der Waals surface area (Å²) in [6.45, 7) is -13.1. The molecule has 0 amide bonds. The normalized spacial score (nSPS) is 26.3. The molecular weight excluding hydrogens is 358 g/mol. The third-order valence-electron chi connectivity index (χ3n) is 4.04. The van der Waals surface area contributed by atoms with E-state index in [4.69, 9.17) is 25.8 Å². The summed E-state index contributed by atoms with van der Waals surface area (Å²) in [5.41, 5.74) is 1.39. The molecule has 0 bridgehead atoms. The van der Waals surface area contributed by atoms with Gasteiger partial charge in [-0.1, -0.05) is 42.1 Å². The van der Waals surface area contributed by atoms with Gasteiger partial charge in [-0.3, -0.25) is 4.90 Å². The number of fused-ring (bicyclic) bond motifs is 2. The van der Waals surface area contributed by atoms with Gasteiger partial charge < -0.3 is 14.7 Å². The van der Waals surface area contributed by atoms with Crippen molar-refractivity contribution in [3.8, 4) is 0 Å². The highest BCUT2D eigenvalue weighted by molar-refractivity contribution is 7.99. The first kappa shape index (κ1) is 11.2. The SMILES string of the molecule is [2H]C([2H])(CO)OCC([2H])([2H])N1C([2H])([2H])CN(C2=Nc3ccccc3Sc3ccccc32)CC1([2H])[2H]. The van der Waals surface area contributed by atoms with Crippen molar-refractivity contribution in [2.24, 2.45) is 4.99 Å². The van der Waals surface area contributed by atoms with Crippen molar-refractivity contribution >= 4 is 23.3 Å². The van der Waals surface area contributed by atoms with E-state index in [0.29, 0.717) is 16.4 Å². The molecule has 2 aromatic rings. The van der Waals surface area contributed by atoms with Crippen molar-refractivity contribution in [2.75, 3.05) is 52.4 Å². The minimum atomic E-state index is -2.72. The minimum Gasteiger partial charge on any atom is -0.394 e. The van der Waals surface area contributed by atoms with Gasteiger partial charge in [0.15, 0.2) is 0 Å². The monoisotopic (exact) mass is 391 g/mol. The number of aliphatic imine (C=N–C) groups is 1. The predicted molar refractivity (Wildman–Crippen MR) is 109 cm³/mol. The molecule has 0 aromatic heterocycles. The number of amidine groups is 1. The number of aliphatic hydroxyl groups excluding tert-OH is 1. The van der Waals surface area contributed by atoms with Crippen LogP contribution < -0.4 is 0 Å². The Morgan fingerprint density at radius 3 is 2.67 bits per heavy atom. The van der Waals surface area contributed by atoms with Crippen LogP contribution in [-0.2, 0) is 4.74 Å². The Morgan fingerprint density at radius 1 is 1.11 bits per heavy atom. The molecule has 0 unspecified atom stereocenters. The molecule has 2 heterocycles. The van der Waals surface area contributed by atoms with Crippen LogP contribution in [0.15, 0.2) is 63.3 Å². The fourth-order valence-corrected chi connectivity index (χ4v) is 3.81. The van der Waals surface area contributed by atoms with Gasteiger partial charge in [-0.25, -0.2) is 4.99 Å². The van der Waals surface area contributed by atoms with Crippen molar-refractivity contribution in [2.45, 2.75) is 9.79 Å². The molecule has 0 aliphatic carbocycles. The van der Waals surface area contributed by atoms with Gasteiger partial charge in [-0.2, -0.15) is 0 Å². The molecule has 1 fully saturated rings. The first-order valence-corrected chi connectivity index (χ1v) is 9.33. The van der Waals surface area contributed by atoms with Crippen LogP contribution in [0.3, 0.4) is 0 Å². The maximum Gasteiger partial charge on any atom is 0.137 e. The lowest BCUT2D eigenvalue weighted by Gasteiger charge is -2.36. The quantitative estimate of drug-likeness (QED) is 0.849. The fourth-order valence-electron chi connectivity index (χ4n) is 2.79. The average Bonchev–Trinajstić information content (AvgIpc) is 2.93. The molecule has 2 aliphatic rings. The third kappa shape index (κ3) is 4.35. The average molecular weight is 392 g/mol. The number of hydrogen-bond donors (Lipinski definition) is 1. The van der Waals surface area contributed by atoms with Crippen molar-refractivity contribution in [3.05, 3.63) is 54.1 Å². The number of benzene rings is 2. The number of para-hydroxylation sites is 1. The Kier molecular flexibility index (Phi) is 3.69. The molecular formula is C21H25N3O2S. The molecule has 142 valence electrons. The highest BCUT2D eigenvalue weighted by atomic mass is 32.2. The Bertz CT molecular complexity index is 1110. The summed E-state index contributed by atoms with van der Waals surface area (Å²) in [6.07, 6.45) is 0. The number of nitrogens with zero attached hydrogens (tertiary/aromatic N) is 3. The summed E-state index contributed by atoms with van der Waals surface area (Å²) >= 11 is 1.52. The second-order valence-electron chi connectivity index (χ2n) is 5.76. The maximum atomic E-state index is 9.05. The molecule has 0 saturated carbocycles. The van der Waals surface area contributed by atoms with Gasteiger partial charge >= 0.3 is 0 Å². The van der Waals surface area contributed by atoms with E-state index in [1.807, 2.05) is 48.5 Å². The van der Waals surface area contributed by atoms with E-state index < -0.39 is 39.3 Å². The van der Waals surface area contributed by atoms with Crippen molar-refractivity contribution in [3.63, 3.8) is 0 Å². The zero-order valence-electron chi connectivity index (χ0n) is 22.6. The number of ether oxygens (including phenoxy) is 1. The molecule has 5 nitrogen and oxygen atoms in total. The molecule has 27 heavy (non-hydrogen) atoms. The summed E-state index contributed by atoms with van der Waals surface area (Å²) < 4.78 is 70.9. The van der Waals surface area contributed by atoms with Gasteiger partial charge in [0.05, 0.1) is 28.2 Å². The number of aliphatic hydroxyl groups is 1. The van der Waals surface area contributed by atoms with E-state index in [2.05, 4.69) is 0 Å². The molecule has 4 rings (SSSR count). The Hall–Kier alpha value is -1.86. The lowest BCUT2D eigenvalue weighted by molar-refractivity contribution is 0.0652. The van der Waals surface area contributed by atoms with E-state index in [0.717, 1.165) is 15.4 Å². The number of rotatable bonds is 5. The standard InChI is InChI=1S/C21H25N3O2S/c25-14-16-26-15-13-23-9-11-24(12-10-23)21-17-5-1-3-7-19(17)27-20-8-4-2-6-18(20)22-21/h1-8,25H,9-16H2/i9D2,10D2,13D2,16D2. The first-order valence-electron chi connectivity index (χ1n) is 12.5. The van der Waals surface area contributed by atoms with Crippen LogP contribution >= 0.6 is 11.8 Å². The zero-order chi connectivity index (χ0) is 25.6. The Labute approximate surface area is 175 Å². The van der Waals surface area contributed by atoms with Gasteiger partial charge in [0.2, 0.25) is 0 Å². The third-order valence-corrected chi connectivity index (χ3v) is 5.18. The van der Waals surface area contributed by atoms with Crippen molar-refractivity contribution in [1.29, 1.82) is 0 Å². The van der Waals surface area contributed by atoms with Crippen LogP contribution in [0.5, 0.6) is 0 Å². The van der Waals surface area contributed by atoms with Gasteiger partial charge in [0.25, 0.3) is 0 Å². The molecule has 0 spiro atoms. The summed E-state index contributed by atoms with van der Waals surface area (Å²) in [7, 11) is 0. The largest absolute Gasteiger partial charge is 0.394 e. The van der Waals surface area contributed by atoms with Crippen molar-refractivity contribution in [1.82, 2.24) is 9.80 Å². The highest BCUT2D eigenvalue weighted by Gasteiger charge is 2.24. The predicted octanol–water partition coefficient (Wildman–Crippen LogP) is 2.86. The topological polar surface area (TPSA) is 48.3 Å². The van der Waals surface area contributed by atoms with Crippen LogP contribution in [0.25, 0.3) is 0 Å². The smallest absolute Gasteiger partial charge is 0.137 e. The summed E-state index contributed by atoms with van der Waals surface area (Å²) in [5.74, 6) is 0.388. The van der Waals surface area contributed by atoms with Gasteiger partial charge in [0.1, 0.15) is 5.84 Å². The Morgan fingerprint density at radius 2 is 1.85 bits per heavy atom. The Balaban J connectivity index is 1.70. The summed E-state index contributed by atoms with van der Waals surface area (Å²) in [6, 6.07) is 15.0. The lowest BCUT2D eigenvalue weighted by atomic mass is 10.1. The fraction of sp³-hybridized carbons (Fsp3) is 0.381. The second kappa shape index (κ2) is 8.89. The van der Waals surface area contributed by atoms with Gasteiger partial charge in [-0.05, 0) is 18.2 Å². The van der Waals surface area contributed by atoms with E-state index in [1.54, 1.807) is 0 Å². The molecule has 2 aliphatic heterocycles. The molecule has 0 atom stereocenters.